The van der Waals surface area contributed by atoms with Crippen LogP contribution < -0.4 is 0 Å². The normalized spacial score (nSPS) is 11.2. The van der Waals surface area contributed by atoms with E-state index in [4.69, 9.17) is 0 Å². The first-order chi connectivity index (χ1) is 9.52. The van der Waals surface area contributed by atoms with Crippen molar-refractivity contribution in [3.05, 3.63) is 64.5 Å². The lowest BCUT2D eigenvalue weighted by Crippen LogP contribution is -1.92. The summed E-state index contributed by atoms with van der Waals surface area (Å²) in [5.41, 5.74) is 4.54. The third kappa shape index (κ3) is 2.29. The fourth-order valence-corrected chi connectivity index (χ4v) is 2.25. The van der Waals surface area contributed by atoms with Gasteiger partial charge in [-0.3, -0.25) is 0 Å². The number of fused-ring (bicyclic) bond motifs is 1. The van der Waals surface area contributed by atoms with Gasteiger partial charge in [0, 0.05) is 18.6 Å². The number of halogens is 2. The number of aromatic amines is 1. The Morgan fingerprint density at radius 1 is 1.00 bits per heavy atom. The maximum Gasteiger partial charge on any atom is 0.161 e. The minimum absolute atomic E-state index is 0.447. The van der Waals surface area contributed by atoms with E-state index < -0.39 is 11.6 Å². The zero-order chi connectivity index (χ0) is 14.3. The fraction of sp³-hybridized carbons (Fsp3) is 0.188. The van der Waals surface area contributed by atoms with E-state index in [1.54, 1.807) is 0 Å². The summed E-state index contributed by atoms with van der Waals surface area (Å²) in [5.74, 6) is -1.03. The molecule has 0 aliphatic heterocycles. The van der Waals surface area contributed by atoms with Crippen LogP contribution in [-0.2, 0) is 6.42 Å². The number of nitrogens with zero attached hydrogens (tertiary/aromatic N) is 1. The van der Waals surface area contributed by atoms with Gasteiger partial charge < -0.3 is 4.98 Å². The summed E-state index contributed by atoms with van der Waals surface area (Å²) in [6.45, 7) is 4.12. The van der Waals surface area contributed by atoms with Crippen LogP contribution >= 0.6 is 0 Å². The largest absolute Gasteiger partial charge is 0.342 e. The highest BCUT2D eigenvalue weighted by Gasteiger charge is 2.09. The van der Waals surface area contributed by atoms with Crippen molar-refractivity contribution in [2.24, 2.45) is 0 Å². The lowest BCUT2D eigenvalue weighted by Gasteiger charge is -2.03. The van der Waals surface area contributed by atoms with Crippen molar-refractivity contribution in [2.75, 3.05) is 0 Å². The monoisotopic (exact) mass is 272 g/mol. The Balaban J connectivity index is 1.96. The van der Waals surface area contributed by atoms with Crippen molar-refractivity contribution in [1.82, 2.24) is 9.97 Å². The van der Waals surface area contributed by atoms with Crippen molar-refractivity contribution in [2.45, 2.75) is 20.3 Å². The van der Waals surface area contributed by atoms with Gasteiger partial charge in [0.05, 0.1) is 11.0 Å². The lowest BCUT2D eigenvalue weighted by atomic mass is 10.0. The molecule has 0 radical (unpaired) electrons. The number of nitrogens with one attached hydrogen (secondary N) is 1. The second-order valence-corrected chi connectivity index (χ2v) is 5.06. The molecule has 0 spiro atoms. The summed E-state index contributed by atoms with van der Waals surface area (Å²) in [6, 6.07) is 8.46. The SMILES string of the molecule is Cc1ccc(Cc2nc3cc(F)c(F)cc3[nH]2)cc1C. The van der Waals surface area contributed by atoms with Crippen LogP contribution in [-0.4, -0.2) is 9.97 Å². The summed E-state index contributed by atoms with van der Waals surface area (Å²) >= 11 is 0. The average molecular weight is 272 g/mol. The van der Waals surface area contributed by atoms with Gasteiger partial charge in [-0.15, -0.1) is 0 Å². The number of aromatic nitrogens is 2. The van der Waals surface area contributed by atoms with Gasteiger partial charge in [0.25, 0.3) is 0 Å². The molecule has 0 atom stereocenters. The molecule has 20 heavy (non-hydrogen) atoms. The highest BCUT2D eigenvalue weighted by atomic mass is 19.2. The van der Waals surface area contributed by atoms with Crippen LogP contribution in [0.3, 0.4) is 0 Å². The third-order valence-electron chi connectivity index (χ3n) is 3.52. The Kier molecular flexibility index (Phi) is 3.01. The Morgan fingerprint density at radius 3 is 2.50 bits per heavy atom. The van der Waals surface area contributed by atoms with Gasteiger partial charge in [0.15, 0.2) is 11.6 Å². The number of benzene rings is 2. The van der Waals surface area contributed by atoms with Crippen molar-refractivity contribution in [1.29, 1.82) is 0 Å². The molecule has 0 fully saturated rings. The molecule has 0 amide bonds. The van der Waals surface area contributed by atoms with Crippen molar-refractivity contribution >= 4 is 11.0 Å². The van der Waals surface area contributed by atoms with Crippen molar-refractivity contribution in [3.63, 3.8) is 0 Å². The zero-order valence-electron chi connectivity index (χ0n) is 11.3. The van der Waals surface area contributed by atoms with Crippen LogP contribution in [0.25, 0.3) is 11.0 Å². The minimum Gasteiger partial charge on any atom is -0.342 e. The van der Waals surface area contributed by atoms with E-state index in [0.29, 0.717) is 23.3 Å². The summed E-state index contributed by atoms with van der Waals surface area (Å²) in [7, 11) is 0. The van der Waals surface area contributed by atoms with E-state index in [-0.39, 0.29) is 0 Å². The molecule has 1 aromatic heterocycles. The minimum atomic E-state index is -0.873. The zero-order valence-corrected chi connectivity index (χ0v) is 11.3. The molecule has 3 aromatic rings. The molecule has 4 heteroatoms. The van der Waals surface area contributed by atoms with Gasteiger partial charge in [-0.1, -0.05) is 18.2 Å². The van der Waals surface area contributed by atoms with Gasteiger partial charge in [-0.05, 0) is 30.5 Å². The van der Waals surface area contributed by atoms with E-state index >= 15 is 0 Å². The maximum atomic E-state index is 13.2. The molecule has 0 unspecified atom stereocenters. The summed E-state index contributed by atoms with van der Waals surface area (Å²) < 4.78 is 26.3. The van der Waals surface area contributed by atoms with E-state index in [1.165, 1.54) is 11.1 Å². The smallest absolute Gasteiger partial charge is 0.161 e. The Morgan fingerprint density at radius 2 is 1.75 bits per heavy atom. The predicted octanol–water partition coefficient (Wildman–Crippen LogP) is 4.05. The molecule has 0 aliphatic rings. The summed E-state index contributed by atoms with van der Waals surface area (Å²) in [4.78, 5) is 7.33. The predicted molar refractivity (Wildman–Crippen MR) is 74.7 cm³/mol. The molecule has 0 saturated heterocycles. The van der Waals surface area contributed by atoms with Gasteiger partial charge in [0.1, 0.15) is 5.82 Å². The first-order valence-electron chi connectivity index (χ1n) is 6.43. The topological polar surface area (TPSA) is 28.7 Å². The second-order valence-electron chi connectivity index (χ2n) is 5.06. The standard InChI is InChI=1S/C16H14F2N2/c1-9-3-4-11(5-10(9)2)6-16-19-14-7-12(17)13(18)8-15(14)20-16/h3-5,7-8H,6H2,1-2H3,(H,19,20). The molecule has 2 aromatic carbocycles. The number of hydrogen-bond donors (Lipinski definition) is 1. The van der Waals surface area contributed by atoms with E-state index in [0.717, 1.165) is 17.7 Å². The molecule has 3 rings (SSSR count). The lowest BCUT2D eigenvalue weighted by molar-refractivity contribution is 0.510. The van der Waals surface area contributed by atoms with Crippen molar-refractivity contribution < 1.29 is 8.78 Å². The van der Waals surface area contributed by atoms with Crippen LogP contribution in [0.1, 0.15) is 22.5 Å². The second kappa shape index (κ2) is 4.71. The molecule has 2 nitrogen and oxygen atoms in total. The first kappa shape index (κ1) is 12.8. The molecular weight excluding hydrogens is 258 g/mol. The van der Waals surface area contributed by atoms with E-state index in [9.17, 15) is 8.78 Å². The highest BCUT2D eigenvalue weighted by molar-refractivity contribution is 5.75. The highest BCUT2D eigenvalue weighted by Crippen LogP contribution is 2.18. The Hall–Kier alpha value is -2.23. The van der Waals surface area contributed by atoms with Crippen LogP contribution in [0.4, 0.5) is 8.78 Å². The van der Waals surface area contributed by atoms with Crippen molar-refractivity contribution in [3.8, 4) is 0 Å². The summed E-state index contributed by atoms with van der Waals surface area (Å²) in [6.07, 6.45) is 0.610. The Bertz CT molecular complexity index is 752. The maximum absolute atomic E-state index is 13.2. The number of aryl methyl sites for hydroxylation is 2. The molecule has 102 valence electrons. The fourth-order valence-electron chi connectivity index (χ4n) is 2.25. The average Bonchev–Trinajstić information content (AvgIpc) is 2.76. The van der Waals surface area contributed by atoms with Gasteiger partial charge in [0.2, 0.25) is 0 Å². The molecule has 0 aliphatic carbocycles. The quantitative estimate of drug-likeness (QED) is 0.749. The van der Waals surface area contributed by atoms with Gasteiger partial charge in [-0.25, -0.2) is 13.8 Å². The molecule has 0 bridgehead atoms. The summed E-state index contributed by atoms with van der Waals surface area (Å²) in [5, 5.41) is 0. The number of hydrogen-bond acceptors (Lipinski definition) is 1. The third-order valence-corrected chi connectivity index (χ3v) is 3.52. The van der Waals surface area contributed by atoms with E-state index in [1.807, 2.05) is 6.07 Å². The van der Waals surface area contributed by atoms with Gasteiger partial charge >= 0.3 is 0 Å². The van der Waals surface area contributed by atoms with Crippen LogP contribution in [0.15, 0.2) is 30.3 Å². The van der Waals surface area contributed by atoms with Gasteiger partial charge in [-0.2, -0.15) is 0 Å². The van der Waals surface area contributed by atoms with Crippen LogP contribution in [0.2, 0.25) is 0 Å². The number of imidazole rings is 1. The Labute approximate surface area is 115 Å². The first-order valence-corrected chi connectivity index (χ1v) is 6.43. The molecular formula is C16H14F2N2. The van der Waals surface area contributed by atoms with Crippen LogP contribution in [0, 0.1) is 25.5 Å². The number of H-pyrrole nitrogens is 1. The molecule has 1 N–H and O–H groups in total. The van der Waals surface area contributed by atoms with Crippen LogP contribution in [0.5, 0.6) is 0 Å². The molecule has 1 heterocycles. The number of rotatable bonds is 2. The van der Waals surface area contributed by atoms with E-state index in [2.05, 4.69) is 35.9 Å². The molecule has 0 saturated carbocycles.